The number of ether oxygens (including phenoxy) is 2. The van der Waals surface area contributed by atoms with Gasteiger partial charge < -0.3 is 19.8 Å². The van der Waals surface area contributed by atoms with Crippen molar-refractivity contribution in [1.82, 2.24) is 19.9 Å². The van der Waals surface area contributed by atoms with Crippen LogP contribution in [0, 0.1) is 0 Å². The number of aromatic amines is 1. The van der Waals surface area contributed by atoms with Gasteiger partial charge in [-0.3, -0.25) is 4.90 Å². The Morgan fingerprint density at radius 3 is 2.84 bits per heavy atom. The van der Waals surface area contributed by atoms with Crippen LogP contribution in [0.5, 0.6) is 5.75 Å². The van der Waals surface area contributed by atoms with Crippen molar-refractivity contribution in [3.8, 4) is 5.75 Å². The van der Waals surface area contributed by atoms with Gasteiger partial charge in [-0.25, -0.2) is 9.97 Å². The van der Waals surface area contributed by atoms with Crippen LogP contribution in [0.25, 0.3) is 11.0 Å². The first-order valence-electron chi connectivity index (χ1n) is 10.7. The summed E-state index contributed by atoms with van der Waals surface area (Å²) in [6, 6.07) is 9.94. The fourth-order valence-corrected chi connectivity index (χ4v) is 4.65. The molecule has 0 amide bonds. The van der Waals surface area contributed by atoms with Crippen LogP contribution < -0.4 is 10.1 Å². The van der Waals surface area contributed by atoms with Gasteiger partial charge in [-0.05, 0) is 30.9 Å². The molecule has 3 aliphatic rings. The third-order valence-corrected chi connectivity index (χ3v) is 6.44. The summed E-state index contributed by atoms with van der Waals surface area (Å²) in [6.45, 7) is -1.38. The van der Waals surface area contributed by atoms with Gasteiger partial charge in [-0.2, -0.15) is 8.78 Å². The van der Waals surface area contributed by atoms with E-state index in [0.717, 1.165) is 28.2 Å². The summed E-state index contributed by atoms with van der Waals surface area (Å²) >= 11 is 0. The SMILES string of the molecule is FC(F)OC1CN(C2COc3ccccc3C2Nc2ncnc3[nH]c(C4CC4)cc23)C1. The van der Waals surface area contributed by atoms with Gasteiger partial charge in [0.1, 0.15) is 30.1 Å². The number of fused-ring (bicyclic) bond motifs is 2. The first kappa shape index (κ1) is 18.9. The second kappa shape index (κ2) is 7.42. The Labute approximate surface area is 177 Å². The first-order chi connectivity index (χ1) is 15.2. The summed E-state index contributed by atoms with van der Waals surface area (Å²) in [6.07, 6.45) is 3.52. The number of halogens is 2. The fraction of sp³-hybridized carbons (Fsp3) is 0.455. The number of likely N-dealkylation sites (tertiary alicyclic amines) is 1. The molecule has 1 aliphatic carbocycles. The largest absolute Gasteiger partial charge is 0.491 e. The molecule has 3 aromatic rings. The van der Waals surface area contributed by atoms with E-state index in [1.807, 2.05) is 24.3 Å². The number of hydrogen-bond donors (Lipinski definition) is 2. The molecule has 1 aromatic carbocycles. The zero-order chi connectivity index (χ0) is 20.9. The molecule has 162 valence electrons. The quantitative estimate of drug-likeness (QED) is 0.625. The molecule has 2 aromatic heterocycles. The predicted octanol–water partition coefficient (Wildman–Crippen LogP) is 3.67. The Hall–Kier alpha value is -2.78. The molecule has 2 aliphatic heterocycles. The normalized spacial score (nSPS) is 24.1. The van der Waals surface area contributed by atoms with Gasteiger partial charge in [-0.15, -0.1) is 0 Å². The Bertz CT molecular complexity index is 1100. The lowest BCUT2D eigenvalue weighted by Gasteiger charge is -2.48. The number of nitrogens with zero attached hydrogens (tertiary/aromatic N) is 3. The third-order valence-electron chi connectivity index (χ3n) is 6.44. The Morgan fingerprint density at radius 2 is 2.03 bits per heavy atom. The minimum Gasteiger partial charge on any atom is -0.491 e. The summed E-state index contributed by atoms with van der Waals surface area (Å²) in [7, 11) is 0. The fourth-order valence-electron chi connectivity index (χ4n) is 4.65. The van der Waals surface area contributed by atoms with Crippen LogP contribution >= 0.6 is 0 Å². The van der Waals surface area contributed by atoms with E-state index < -0.39 is 12.7 Å². The lowest BCUT2D eigenvalue weighted by Crippen LogP contribution is -2.61. The molecule has 31 heavy (non-hydrogen) atoms. The van der Waals surface area contributed by atoms with E-state index in [0.29, 0.717) is 25.6 Å². The van der Waals surface area contributed by atoms with Gasteiger partial charge in [0.05, 0.1) is 23.6 Å². The number of rotatable bonds is 6. The number of alkyl halides is 2. The van der Waals surface area contributed by atoms with Crippen LogP contribution in [0.3, 0.4) is 0 Å². The highest BCUT2D eigenvalue weighted by Crippen LogP contribution is 2.42. The van der Waals surface area contributed by atoms with Crippen molar-refractivity contribution in [2.75, 3.05) is 25.0 Å². The van der Waals surface area contributed by atoms with Crippen molar-refractivity contribution in [3.05, 3.63) is 47.9 Å². The van der Waals surface area contributed by atoms with Crippen molar-refractivity contribution in [2.24, 2.45) is 0 Å². The van der Waals surface area contributed by atoms with Crippen LogP contribution in [0.1, 0.15) is 36.1 Å². The van der Waals surface area contributed by atoms with E-state index in [9.17, 15) is 8.78 Å². The number of nitrogens with one attached hydrogen (secondary N) is 2. The van der Waals surface area contributed by atoms with E-state index >= 15 is 0 Å². The maximum atomic E-state index is 12.6. The average molecular weight is 427 g/mol. The molecule has 0 radical (unpaired) electrons. The van der Waals surface area contributed by atoms with Crippen molar-refractivity contribution in [2.45, 2.75) is 43.6 Å². The molecule has 2 fully saturated rings. The second-order valence-corrected chi connectivity index (χ2v) is 8.49. The van der Waals surface area contributed by atoms with E-state index in [4.69, 9.17) is 4.74 Å². The van der Waals surface area contributed by atoms with Crippen LogP contribution in [-0.2, 0) is 4.74 Å². The third kappa shape index (κ3) is 3.51. The lowest BCUT2D eigenvalue weighted by atomic mass is 9.92. The maximum Gasteiger partial charge on any atom is 0.345 e. The molecule has 7 nitrogen and oxygen atoms in total. The Balaban J connectivity index is 1.31. The minimum absolute atomic E-state index is 0.0284. The van der Waals surface area contributed by atoms with Gasteiger partial charge in [0.2, 0.25) is 0 Å². The van der Waals surface area contributed by atoms with Gasteiger partial charge in [0.15, 0.2) is 0 Å². The van der Waals surface area contributed by atoms with Crippen LogP contribution in [0.4, 0.5) is 14.6 Å². The van der Waals surface area contributed by atoms with E-state index in [2.05, 4.69) is 36.0 Å². The van der Waals surface area contributed by atoms with Crippen LogP contribution in [0.2, 0.25) is 0 Å². The lowest BCUT2D eigenvalue weighted by molar-refractivity contribution is -0.203. The topological polar surface area (TPSA) is 75.3 Å². The molecule has 0 bridgehead atoms. The molecular formula is C22H23F2N5O2. The summed E-state index contributed by atoms with van der Waals surface area (Å²) in [4.78, 5) is 14.5. The van der Waals surface area contributed by atoms with Gasteiger partial charge in [0, 0.05) is 24.3 Å². The Kier molecular flexibility index (Phi) is 4.53. The highest BCUT2D eigenvalue weighted by atomic mass is 19.3. The van der Waals surface area contributed by atoms with Crippen LogP contribution in [-0.4, -0.2) is 58.3 Å². The smallest absolute Gasteiger partial charge is 0.345 e. The van der Waals surface area contributed by atoms with Crippen molar-refractivity contribution >= 4 is 16.9 Å². The first-order valence-corrected chi connectivity index (χ1v) is 10.7. The minimum atomic E-state index is -2.74. The molecule has 6 rings (SSSR count). The van der Waals surface area contributed by atoms with Crippen molar-refractivity contribution in [1.29, 1.82) is 0 Å². The number of aromatic nitrogens is 3. The number of H-pyrrole nitrogens is 1. The summed E-state index contributed by atoms with van der Waals surface area (Å²) in [5.74, 6) is 2.18. The molecule has 2 N–H and O–H groups in total. The van der Waals surface area contributed by atoms with E-state index in [-0.39, 0.29) is 12.1 Å². The zero-order valence-corrected chi connectivity index (χ0v) is 16.8. The van der Waals surface area contributed by atoms with Gasteiger partial charge >= 0.3 is 6.61 Å². The summed E-state index contributed by atoms with van der Waals surface area (Å²) < 4.78 is 35.8. The number of anilines is 1. The van der Waals surface area contributed by atoms with Crippen LogP contribution in [0.15, 0.2) is 36.7 Å². The second-order valence-electron chi connectivity index (χ2n) is 8.49. The average Bonchev–Trinajstić information content (AvgIpc) is 3.50. The van der Waals surface area contributed by atoms with Gasteiger partial charge in [-0.1, -0.05) is 18.2 Å². The standard InChI is InChI=1S/C22H23F2N5O2/c23-22(24)31-13-8-29(9-13)17-10-30-18-4-2-1-3-14(18)19(17)28-21-15-7-16(12-5-6-12)27-20(15)25-11-26-21/h1-4,7,11-13,17,19,22H,5-6,8-10H2,(H2,25,26,27,28). The molecule has 2 unspecified atom stereocenters. The molecule has 9 heteroatoms. The highest BCUT2D eigenvalue weighted by molar-refractivity contribution is 5.88. The molecule has 1 saturated carbocycles. The van der Waals surface area contributed by atoms with Crippen molar-refractivity contribution < 1.29 is 18.3 Å². The summed E-state index contributed by atoms with van der Waals surface area (Å²) in [5, 5.41) is 4.59. The number of hydrogen-bond acceptors (Lipinski definition) is 6. The highest BCUT2D eigenvalue weighted by Gasteiger charge is 2.42. The molecule has 1 saturated heterocycles. The molecule has 0 spiro atoms. The number of benzene rings is 1. The van der Waals surface area contributed by atoms with Gasteiger partial charge in [0.25, 0.3) is 0 Å². The number of para-hydroxylation sites is 1. The molecular weight excluding hydrogens is 404 g/mol. The maximum absolute atomic E-state index is 12.6. The Morgan fingerprint density at radius 1 is 1.19 bits per heavy atom. The monoisotopic (exact) mass is 427 g/mol. The zero-order valence-electron chi connectivity index (χ0n) is 16.8. The van der Waals surface area contributed by atoms with Crippen molar-refractivity contribution in [3.63, 3.8) is 0 Å². The molecule has 2 atom stereocenters. The van der Waals surface area contributed by atoms with E-state index in [1.54, 1.807) is 6.33 Å². The predicted molar refractivity (Wildman–Crippen MR) is 110 cm³/mol. The van der Waals surface area contributed by atoms with E-state index in [1.165, 1.54) is 18.5 Å². The molecule has 4 heterocycles. The summed E-state index contributed by atoms with van der Waals surface area (Å²) in [5.41, 5.74) is 3.06.